The van der Waals surface area contributed by atoms with Crippen molar-refractivity contribution in [2.45, 2.75) is 13.3 Å². The van der Waals surface area contributed by atoms with Crippen molar-refractivity contribution in [3.05, 3.63) is 53.8 Å². The summed E-state index contributed by atoms with van der Waals surface area (Å²) in [7, 11) is -3.45. The Bertz CT molecular complexity index is 906. The Kier molecular flexibility index (Phi) is 5.24. The molecule has 7 nitrogen and oxygen atoms in total. The molecule has 0 bridgehead atoms. The van der Waals surface area contributed by atoms with Crippen LogP contribution in [0.1, 0.15) is 22.7 Å². The van der Waals surface area contributed by atoms with Crippen LogP contribution in [-0.2, 0) is 10.0 Å². The molecule has 3 rings (SSSR count). The smallest absolute Gasteiger partial charge is 0.276 e. The summed E-state index contributed by atoms with van der Waals surface area (Å²) in [6.45, 7) is 6.31. The average molecular weight is 375 g/mol. The van der Waals surface area contributed by atoms with E-state index in [-0.39, 0.29) is 18.4 Å². The van der Waals surface area contributed by atoms with Gasteiger partial charge in [-0.2, -0.15) is 0 Å². The number of sulfonamides is 1. The van der Waals surface area contributed by atoms with Crippen molar-refractivity contribution in [1.82, 2.24) is 14.6 Å². The summed E-state index contributed by atoms with van der Waals surface area (Å²) in [6.07, 6.45) is 0.730. The van der Waals surface area contributed by atoms with Gasteiger partial charge >= 0.3 is 0 Å². The van der Waals surface area contributed by atoms with Crippen molar-refractivity contribution >= 4 is 15.9 Å². The lowest BCUT2D eigenvalue weighted by Gasteiger charge is -2.15. The number of carbonyl (C=O) groups is 1. The van der Waals surface area contributed by atoms with Crippen molar-refractivity contribution in [2.24, 2.45) is 5.92 Å². The molecular weight excluding hydrogens is 354 g/mol. The molecule has 1 aromatic heterocycles. The second-order valence-electron chi connectivity index (χ2n) is 6.26. The molecule has 0 aliphatic carbocycles. The minimum atomic E-state index is -3.45. The number of oxazole rings is 1. The van der Waals surface area contributed by atoms with Crippen LogP contribution in [0.25, 0.3) is 11.5 Å². The first-order valence-corrected chi connectivity index (χ1v) is 9.88. The molecule has 0 radical (unpaired) electrons. The first kappa shape index (κ1) is 18.3. The van der Waals surface area contributed by atoms with Crippen molar-refractivity contribution in [3.63, 3.8) is 0 Å². The van der Waals surface area contributed by atoms with Gasteiger partial charge in [0, 0.05) is 30.6 Å². The van der Waals surface area contributed by atoms with Crippen LogP contribution in [0.15, 0.2) is 46.7 Å². The molecule has 138 valence electrons. The number of hydrogen-bond acceptors (Lipinski definition) is 5. The largest absolute Gasteiger partial charge is 0.441 e. The molecule has 8 heteroatoms. The van der Waals surface area contributed by atoms with Crippen LogP contribution in [-0.4, -0.2) is 43.8 Å². The molecule has 2 heterocycles. The van der Waals surface area contributed by atoms with E-state index in [0.29, 0.717) is 30.4 Å². The number of likely N-dealkylation sites (tertiary alicyclic amines) is 1. The fraction of sp³-hybridized carbons (Fsp3) is 0.333. The van der Waals surface area contributed by atoms with Crippen molar-refractivity contribution in [3.8, 4) is 11.5 Å². The molecule has 1 amide bonds. The third kappa shape index (κ3) is 4.03. The molecule has 1 saturated heterocycles. The number of benzene rings is 1. The number of rotatable bonds is 6. The van der Waals surface area contributed by atoms with E-state index in [1.165, 1.54) is 0 Å². The summed E-state index contributed by atoms with van der Waals surface area (Å²) < 4.78 is 31.0. The highest BCUT2D eigenvalue weighted by Crippen LogP contribution is 2.24. The van der Waals surface area contributed by atoms with Crippen molar-refractivity contribution in [1.29, 1.82) is 0 Å². The van der Waals surface area contributed by atoms with Gasteiger partial charge in [0.15, 0.2) is 5.69 Å². The normalized spacial score (nSPS) is 17.4. The minimum absolute atomic E-state index is 0.0643. The lowest BCUT2D eigenvalue weighted by molar-refractivity contribution is 0.0780. The van der Waals surface area contributed by atoms with Crippen molar-refractivity contribution < 1.29 is 17.6 Å². The van der Waals surface area contributed by atoms with Gasteiger partial charge in [-0.1, -0.05) is 24.8 Å². The maximum Gasteiger partial charge on any atom is 0.276 e. The van der Waals surface area contributed by atoms with Gasteiger partial charge < -0.3 is 9.32 Å². The van der Waals surface area contributed by atoms with Crippen LogP contribution in [0, 0.1) is 12.8 Å². The Morgan fingerprint density at radius 1 is 1.42 bits per heavy atom. The van der Waals surface area contributed by atoms with E-state index in [1.807, 2.05) is 30.3 Å². The van der Waals surface area contributed by atoms with E-state index in [9.17, 15) is 13.2 Å². The van der Waals surface area contributed by atoms with Crippen molar-refractivity contribution in [2.75, 3.05) is 19.6 Å². The van der Waals surface area contributed by atoms with Crippen LogP contribution in [0.5, 0.6) is 0 Å². The first-order chi connectivity index (χ1) is 12.4. The van der Waals surface area contributed by atoms with Gasteiger partial charge in [-0.05, 0) is 31.4 Å². The van der Waals surface area contributed by atoms with E-state index in [2.05, 4.69) is 16.3 Å². The number of aryl methyl sites for hydroxylation is 1. The second-order valence-corrected chi connectivity index (χ2v) is 7.97. The van der Waals surface area contributed by atoms with Gasteiger partial charge in [0.1, 0.15) is 5.76 Å². The lowest BCUT2D eigenvalue weighted by atomic mass is 10.1. The highest BCUT2D eigenvalue weighted by molar-refractivity contribution is 7.92. The first-order valence-electron chi connectivity index (χ1n) is 8.34. The van der Waals surface area contributed by atoms with E-state index in [0.717, 1.165) is 17.4 Å². The molecule has 0 spiro atoms. The number of carbonyl (C=O) groups excluding carboxylic acids is 1. The Hall–Kier alpha value is -2.45. The standard InChI is InChI=1S/C18H21N3O4S/c1-3-26(23,24)19-11-14-9-10-21(12-14)18(22)16-13(2)25-17(20-16)15-7-5-4-6-8-15/h3-8,14,19H,1,9-12H2,2H3. The van der Waals surface area contributed by atoms with Crippen LogP contribution < -0.4 is 4.72 Å². The highest BCUT2D eigenvalue weighted by Gasteiger charge is 2.30. The summed E-state index contributed by atoms with van der Waals surface area (Å²) in [4.78, 5) is 18.8. The number of amides is 1. The molecule has 2 aromatic rings. The maximum atomic E-state index is 12.8. The molecule has 1 fully saturated rings. The Morgan fingerprint density at radius 2 is 2.15 bits per heavy atom. The molecule has 1 aliphatic heterocycles. The van der Waals surface area contributed by atoms with E-state index in [4.69, 9.17) is 4.42 Å². The number of nitrogens with one attached hydrogen (secondary N) is 1. The summed E-state index contributed by atoms with van der Waals surface area (Å²) in [5.74, 6) is 0.766. The van der Waals surface area contributed by atoms with E-state index >= 15 is 0 Å². The lowest BCUT2D eigenvalue weighted by Crippen LogP contribution is -2.32. The van der Waals surface area contributed by atoms with Gasteiger partial charge in [0.25, 0.3) is 5.91 Å². The zero-order valence-corrected chi connectivity index (χ0v) is 15.3. The molecule has 0 saturated carbocycles. The van der Waals surface area contributed by atoms with Gasteiger partial charge in [0.2, 0.25) is 15.9 Å². The predicted molar refractivity (Wildman–Crippen MR) is 97.8 cm³/mol. The van der Waals surface area contributed by atoms with Gasteiger partial charge in [0.05, 0.1) is 0 Å². The van der Waals surface area contributed by atoms with Crippen LogP contribution in [0.2, 0.25) is 0 Å². The fourth-order valence-corrected chi connectivity index (χ4v) is 3.51. The summed E-state index contributed by atoms with van der Waals surface area (Å²) in [5, 5.41) is 0.884. The number of hydrogen-bond donors (Lipinski definition) is 1. The predicted octanol–water partition coefficient (Wildman–Crippen LogP) is 2.18. The molecule has 1 aliphatic rings. The highest BCUT2D eigenvalue weighted by atomic mass is 32.2. The topological polar surface area (TPSA) is 92.5 Å². The molecule has 1 atom stereocenters. The third-order valence-electron chi connectivity index (χ3n) is 4.39. The Balaban J connectivity index is 1.67. The molecule has 26 heavy (non-hydrogen) atoms. The fourth-order valence-electron chi connectivity index (χ4n) is 2.93. The van der Waals surface area contributed by atoms with Gasteiger partial charge in [-0.15, -0.1) is 0 Å². The number of aromatic nitrogens is 1. The molecule has 1 unspecified atom stereocenters. The zero-order valence-electron chi connectivity index (χ0n) is 14.5. The van der Waals surface area contributed by atoms with Crippen LogP contribution >= 0.6 is 0 Å². The maximum absolute atomic E-state index is 12.8. The Labute approximate surface area is 152 Å². The monoisotopic (exact) mass is 375 g/mol. The molecule has 1 aromatic carbocycles. The van der Waals surface area contributed by atoms with Crippen LogP contribution in [0.3, 0.4) is 0 Å². The van der Waals surface area contributed by atoms with Crippen LogP contribution in [0.4, 0.5) is 0 Å². The van der Waals surface area contributed by atoms with E-state index < -0.39 is 10.0 Å². The summed E-state index contributed by atoms with van der Waals surface area (Å²) in [5.41, 5.74) is 1.11. The summed E-state index contributed by atoms with van der Waals surface area (Å²) in [6, 6.07) is 9.40. The summed E-state index contributed by atoms with van der Waals surface area (Å²) >= 11 is 0. The molecular formula is C18H21N3O4S. The quantitative estimate of drug-likeness (QED) is 0.835. The zero-order chi connectivity index (χ0) is 18.7. The second kappa shape index (κ2) is 7.43. The Morgan fingerprint density at radius 3 is 2.85 bits per heavy atom. The van der Waals surface area contributed by atoms with Gasteiger partial charge in [-0.3, -0.25) is 4.79 Å². The SMILES string of the molecule is C=CS(=O)(=O)NCC1CCN(C(=O)c2nc(-c3ccccc3)oc2C)C1. The minimum Gasteiger partial charge on any atom is -0.441 e. The average Bonchev–Trinajstić information content (AvgIpc) is 3.27. The molecule has 1 N–H and O–H groups in total. The van der Waals surface area contributed by atoms with E-state index in [1.54, 1.807) is 11.8 Å². The third-order valence-corrected chi connectivity index (χ3v) is 5.39. The van der Waals surface area contributed by atoms with Gasteiger partial charge in [-0.25, -0.2) is 18.1 Å². The number of nitrogens with zero attached hydrogens (tertiary/aromatic N) is 2.